The van der Waals surface area contributed by atoms with Crippen molar-refractivity contribution in [1.82, 2.24) is 0 Å². The molecule has 0 spiro atoms. The fraction of sp³-hybridized carbons (Fsp3) is 0. The molecule has 4 rings (SSSR count). The first kappa shape index (κ1) is 19.2. The molecule has 3 N–H and O–H groups in total. The summed E-state index contributed by atoms with van der Waals surface area (Å²) >= 11 is 0. The van der Waals surface area contributed by atoms with Crippen LogP contribution in [0.2, 0.25) is 0 Å². The van der Waals surface area contributed by atoms with Gasteiger partial charge < -0.3 is 4.42 Å². The fourth-order valence-electron chi connectivity index (χ4n) is 2.94. The van der Waals surface area contributed by atoms with Crippen molar-refractivity contribution in [2.75, 3.05) is 4.72 Å². The molecule has 9 heteroatoms. The Kier molecular flexibility index (Phi) is 4.65. The fourth-order valence-corrected chi connectivity index (χ4v) is 4.83. The van der Waals surface area contributed by atoms with Gasteiger partial charge in [0.25, 0.3) is 10.0 Å². The van der Waals surface area contributed by atoms with Crippen molar-refractivity contribution >= 4 is 36.7 Å². The van der Waals surface area contributed by atoms with Gasteiger partial charge in [-0.05, 0) is 36.4 Å². The van der Waals surface area contributed by atoms with Crippen molar-refractivity contribution in [3.8, 4) is 11.3 Å². The highest BCUT2D eigenvalue weighted by Gasteiger charge is 2.20. The van der Waals surface area contributed by atoms with E-state index in [-0.39, 0.29) is 15.5 Å². The Morgan fingerprint density at radius 3 is 2.28 bits per heavy atom. The minimum absolute atomic E-state index is 0.0420. The molecule has 0 unspecified atom stereocenters. The third-order valence-corrected chi connectivity index (χ3v) is 6.62. The summed E-state index contributed by atoms with van der Waals surface area (Å²) in [6.07, 6.45) is 0. The molecule has 1 heterocycles. The Morgan fingerprint density at radius 2 is 1.52 bits per heavy atom. The second kappa shape index (κ2) is 7.03. The number of para-hydroxylation sites is 2. The first-order valence-corrected chi connectivity index (χ1v) is 11.5. The first-order valence-electron chi connectivity index (χ1n) is 8.48. The van der Waals surface area contributed by atoms with Crippen LogP contribution < -0.4 is 9.86 Å². The Hall–Kier alpha value is -3.14. The number of nitrogens with two attached hydrogens (primary N) is 1. The maximum Gasteiger partial charge on any atom is 0.261 e. The smallest absolute Gasteiger partial charge is 0.261 e. The second-order valence-electron chi connectivity index (χ2n) is 6.32. The Morgan fingerprint density at radius 1 is 0.793 bits per heavy atom. The molecule has 0 aliphatic carbocycles. The van der Waals surface area contributed by atoms with Crippen LogP contribution in [-0.2, 0) is 20.0 Å². The van der Waals surface area contributed by atoms with Crippen LogP contribution in [0.5, 0.6) is 0 Å². The van der Waals surface area contributed by atoms with Crippen molar-refractivity contribution in [3.05, 3.63) is 78.9 Å². The van der Waals surface area contributed by atoms with Gasteiger partial charge in [0.2, 0.25) is 10.0 Å². The normalized spacial score (nSPS) is 12.2. The topological polar surface area (TPSA) is 119 Å². The van der Waals surface area contributed by atoms with Gasteiger partial charge in [-0.25, -0.2) is 22.0 Å². The van der Waals surface area contributed by atoms with Crippen LogP contribution in [0.3, 0.4) is 0 Å². The molecule has 4 aromatic rings. The summed E-state index contributed by atoms with van der Waals surface area (Å²) in [4.78, 5) is -0.350. The number of anilines is 1. The predicted molar refractivity (Wildman–Crippen MR) is 110 cm³/mol. The first-order chi connectivity index (χ1) is 13.7. The van der Waals surface area contributed by atoms with E-state index in [1.54, 1.807) is 12.1 Å². The molecule has 0 fully saturated rings. The third-order valence-electron chi connectivity index (χ3n) is 4.29. The van der Waals surface area contributed by atoms with E-state index in [0.717, 1.165) is 5.39 Å². The summed E-state index contributed by atoms with van der Waals surface area (Å²) < 4.78 is 57.3. The molecule has 0 saturated heterocycles. The molecule has 29 heavy (non-hydrogen) atoms. The minimum Gasteiger partial charge on any atom is -0.456 e. The molecule has 7 nitrogen and oxygen atoms in total. The van der Waals surface area contributed by atoms with E-state index in [0.29, 0.717) is 16.9 Å². The summed E-state index contributed by atoms with van der Waals surface area (Å²) in [5.41, 5.74) is 1.14. The third kappa shape index (κ3) is 3.88. The Labute approximate surface area is 167 Å². The maximum atomic E-state index is 12.9. The molecule has 0 aliphatic rings. The van der Waals surface area contributed by atoms with Gasteiger partial charge in [0.15, 0.2) is 0 Å². The molecule has 3 aromatic carbocycles. The van der Waals surface area contributed by atoms with Gasteiger partial charge in [-0.3, -0.25) is 4.72 Å². The van der Waals surface area contributed by atoms with Crippen molar-refractivity contribution in [2.45, 2.75) is 9.79 Å². The van der Waals surface area contributed by atoms with E-state index in [2.05, 4.69) is 4.72 Å². The molecule has 1 aromatic heterocycles. The summed E-state index contributed by atoms with van der Waals surface area (Å²) in [7, 11) is -8.16. The van der Waals surface area contributed by atoms with Crippen molar-refractivity contribution in [2.24, 2.45) is 5.14 Å². The highest BCUT2D eigenvalue weighted by atomic mass is 32.2. The standard InChI is InChI=1S/C20H16N2O5S2/c21-28(23,24)20-11-4-2-9-17(20)22-29(25,26)16-8-5-7-14(12-16)19-13-15-6-1-3-10-18(15)27-19/h1-13,22H,(H2,21,23,24). The van der Waals surface area contributed by atoms with Crippen LogP contribution in [0.4, 0.5) is 5.69 Å². The molecule has 0 atom stereocenters. The summed E-state index contributed by atoms with van der Waals surface area (Å²) in [6.45, 7) is 0. The number of furan rings is 1. The number of rotatable bonds is 5. The summed E-state index contributed by atoms with van der Waals surface area (Å²) in [5, 5.41) is 6.08. The van der Waals surface area contributed by atoms with E-state index < -0.39 is 20.0 Å². The lowest BCUT2D eigenvalue weighted by Gasteiger charge is -2.12. The van der Waals surface area contributed by atoms with Crippen LogP contribution in [0.1, 0.15) is 0 Å². The number of primary sulfonamides is 1. The SMILES string of the molecule is NS(=O)(=O)c1ccccc1NS(=O)(=O)c1cccc(-c2cc3ccccc3o2)c1. The maximum absolute atomic E-state index is 12.9. The zero-order chi connectivity index (χ0) is 20.6. The summed E-state index contributed by atoms with van der Waals surface area (Å²) in [6, 6.07) is 21.0. The van der Waals surface area contributed by atoms with Gasteiger partial charge in [0, 0.05) is 10.9 Å². The van der Waals surface area contributed by atoms with E-state index in [1.807, 2.05) is 30.3 Å². The van der Waals surface area contributed by atoms with Crippen molar-refractivity contribution < 1.29 is 21.3 Å². The quantitative estimate of drug-likeness (QED) is 0.504. The number of nitrogens with one attached hydrogen (secondary N) is 1. The van der Waals surface area contributed by atoms with Gasteiger partial charge in [0.1, 0.15) is 16.2 Å². The van der Waals surface area contributed by atoms with Crippen LogP contribution in [0.15, 0.2) is 93.1 Å². The van der Waals surface area contributed by atoms with Crippen LogP contribution in [0.25, 0.3) is 22.3 Å². The van der Waals surface area contributed by atoms with Gasteiger partial charge in [-0.15, -0.1) is 0 Å². The van der Waals surface area contributed by atoms with E-state index in [1.165, 1.54) is 36.4 Å². The number of benzene rings is 3. The summed E-state index contributed by atoms with van der Waals surface area (Å²) in [5.74, 6) is 0.521. The monoisotopic (exact) mass is 428 g/mol. The molecule has 0 radical (unpaired) electrons. The highest BCUT2D eigenvalue weighted by molar-refractivity contribution is 7.93. The largest absolute Gasteiger partial charge is 0.456 e. The van der Waals surface area contributed by atoms with Gasteiger partial charge in [-0.1, -0.05) is 42.5 Å². The lowest BCUT2D eigenvalue weighted by Crippen LogP contribution is -2.18. The average Bonchev–Trinajstić information content (AvgIpc) is 3.12. The lowest BCUT2D eigenvalue weighted by atomic mass is 10.1. The van der Waals surface area contributed by atoms with E-state index in [9.17, 15) is 16.8 Å². The number of sulfonamides is 2. The van der Waals surface area contributed by atoms with Crippen LogP contribution in [-0.4, -0.2) is 16.8 Å². The molecule has 148 valence electrons. The van der Waals surface area contributed by atoms with Gasteiger partial charge in [-0.2, -0.15) is 0 Å². The molecular weight excluding hydrogens is 412 g/mol. The zero-order valence-electron chi connectivity index (χ0n) is 14.9. The Balaban J connectivity index is 1.73. The van der Waals surface area contributed by atoms with Crippen LogP contribution >= 0.6 is 0 Å². The highest BCUT2D eigenvalue weighted by Crippen LogP contribution is 2.30. The molecule has 0 amide bonds. The molecule has 0 aliphatic heterocycles. The molecule has 0 bridgehead atoms. The lowest BCUT2D eigenvalue weighted by molar-refractivity contribution is 0.598. The van der Waals surface area contributed by atoms with Gasteiger partial charge >= 0.3 is 0 Å². The second-order valence-corrected chi connectivity index (χ2v) is 9.54. The molecule has 0 saturated carbocycles. The number of fused-ring (bicyclic) bond motifs is 1. The Bertz CT molecular complexity index is 1390. The number of hydrogen-bond donors (Lipinski definition) is 2. The zero-order valence-corrected chi connectivity index (χ0v) is 16.6. The molecular formula is C20H16N2O5S2. The number of hydrogen-bond acceptors (Lipinski definition) is 5. The van der Waals surface area contributed by atoms with Crippen LogP contribution in [0, 0.1) is 0 Å². The van der Waals surface area contributed by atoms with Crippen molar-refractivity contribution in [3.63, 3.8) is 0 Å². The minimum atomic E-state index is -4.10. The van der Waals surface area contributed by atoms with E-state index >= 15 is 0 Å². The average molecular weight is 428 g/mol. The van der Waals surface area contributed by atoms with E-state index in [4.69, 9.17) is 9.56 Å². The predicted octanol–water partition coefficient (Wildman–Crippen LogP) is 3.55. The van der Waals surface area contributed by atoms with Gasteiger partial charge in [0.05, 0.1) is 10.6 Å². The van der Waals surface area contributed by atoms with Crippen molar-refractivity contribution in [1.29, 1.82) is 0 Å².